The molecule has 0 aliphatic rings. The third-order valence-corrected chi connectivity index (χ3v) is 2.10. The van der Waals surface area contributed by atoms with Crippen LogP contribution in [0.3, 0.4) is 0 Å². The zero-order chi connectivity index (χ0) is 12.0. The first-order chi connectivity index (χ1) is 7.63. The van der Waals surface area contributed by atoms with Crippen molar-refractivity contribution in [2.75, 3.05) is 11.1 Å². The second-order valence-electron chi connectivity index (χ2n) is 2.95. The number of carbonyl (C=O) groups excluding carboxylic acids is 2. The molecule has 16 heavy (non-hydrogen) atoms. The van der Waals surface area contributed by atoms with Gasteiger partial charge in [-0.3, -0.25) is 10.1 Å². The van der Waals surface area contributed by atoms with Crippen LogP contribution in [0.1, 0.15) is 0 Å². The predicted octanol–water partition coefficient (Wildman–Crippen LogP) is -0.0132. The first-order valence-electron chi connectivity index (χ1n) is 4.52. The third-order valence-electron chi connectivity index (χ3n) is 1.73. The van der Waals surface area contributed by atoms with Crippen LogP contribution in [-0.4, -0.2) is 28.7 Å². The average molecular weight is 240 g/mol. The number of nitrogens with zero attached hydrogens (tertiary/aromatic N) is 1. The number of urea groups is 1. The number of thiol groups is 1. The van der Waals surface area contributed by atoms with Crippen LogP contribution in [0.2, 0.25) is 0 Å². The van der Waals surface area contributed by atoms with Gasteiger partial charge in [0.05, 0.1) is 0 Å². The number of rotatable bonds is 4. The first kappa shape index (κ1) is 12.3. The molecule has 0 radical (unpaired) electrons. The number of aromatic nitrogens is 1. The van der Waals surface area contributed by atoms with Crippen molar-refractivity contribution in [1.29, 1.82) is 0 Å². The van der Waals surface area contributed by atoms with E-state index in [1.165, 1.54) is 0 Å². The van der Waals surface area contributed by atoms with Crippen molar-refractivity contribution < 1.29 is 9.59 Å². The molecule has 7 heteroatoms. The summed E-state index contributed by atoms with van der Waals surface area (Å²) in [5.41, 5.74) is 4.84. The van der Waals surface area contributed by atoms with Gasteiger partial charge in [0, 0.05) is 11.9 Å². The summed E-state index contributed by atoms with van der Waals surface area (Å²) in [5.74, 6) is 0.213. The Kier molecular flexibility index (Phi) is 4.59. The Hall–Kier alpha value is -1.76. The van der Waals surface area contributed by atoms with Crippen molar-refractivity contribution in [3.05, 3.63) is 24.4 Å². The fourth-order valence-electron chi connectivity index (χ4n) is 1.03. The number of nitrogens with two attached hydrogens (primary N) is 1. The average Bonchev–Trinajstić information content (AvgIpc) is 2.26. The standard InChI is InChI=1S/C9H12N4O2S/c10-9(15)13-8(14)6(5-16)12-7-3-1-2-4-11-7/h1-4,6,16H,5H2,(H,11,12)(H3,10,13,14,15). The van der Waals surface area contributed by atoms with E-state index in [0.29, 0.717) is 5.82 Å². The Morgan fingerprint density at radius 1 is 1.50 bits per heavy atom. The van der Waals surface area contributed by atoms with Gasteiger partial charge in [0.2, 0.25) is 0 Å². The molecule has 4 N–H and O–H groups in total. The molecule has 3 amide bonds. The molecule has 1 atom stereocenters. The Morgan fingerprint density at radius 3 is 2.75 bits per heavy atom. The highest BCUT2D eigenvalue weighted by atomic mass is 32.1. The van der Waals surface area contributed by atoms with Crippen LogP contribution in [0.15, 0.2) is 24.4 Å². The van der Waals surface area contributed by atoms with Crippen LogP contribution >= 0.6 is 12.6 Å². The van der Waals surface area contributed by atoms with E-state index in [1.807, 2.05) is 5.32 Å². The maximum Gasteiger partial charge on any atom is 0.318 e. The predicted molar refractivity (Wildman–Crippen MR) is 63.2 cm³/mol. The van der Waals surface area contributed by atoms with E-state index in [0.717, 1.165) is 0 Å². The van der Waals surface area contributed by atoms with Gasteiger partial charge in [0.25, 0.3) is 5.91 Å². The molecule has 1 unspecified atom stereocenters. The number of hydrogen-bond donors (Lipinski definition) is 4. The topological polar surface area (TPSA) is 97.1 Å². The minimum absolute atomic E-state index is 0.218. The number of pyridine rings is 1. The monoisotopic (exact) mass is 240 g/mol. The quantitative estimate of drug-likeness (QED) is 0.556. The summed E-state index contributed by atoms with van der Waals surface area (Å²) < 4.78 is 0. The molecule has 0 spiro atoms. The lowest BCUT2D eigenvalue weighted by molar-refractivity contribution is -0.120. The summed E-state index contributed by atoms with van der Waals surface area (Å²) in [6, 6.07) is 3.68. The molecule has 1 heterocycles. The van der Waals surface area contributed by atoms with Gasteiger partial charge in [-0.15, -0.1) is 0 Å². The largest absolute Gasteiger partial charge is 0.358 e. The SMILES string of the molecule is NC(=O)NC(=O)C(CS)Nc1ccccn1. The van der Waals surface area contributed by atoms with Crippen LogP contribution in [0, 0.1) is 0 Å². The van der Waals surface area contributed by atoms with Crippen LogP contribution in [-0.2, 0) is 4.79 Å². The number of imide groups is 1. The summed E-state index contributed by atoms with van der Waals surface area (Å²) in [6.07, 6.45) is 1.59. The van der Waals surface area contributed by atoms with Crippen molar-refractivity contribution in [3.8, 4) is 0 Å². The molecule has 0 bridgehead atoms. The summed E-state index contributed by atoms with van der Waals surface area (Å²) in [4.78, 5) is 25.9. The molecule has 1 aromatic rings. The highest BCUT2D eigenvalue weighted by Gasteiger charge is 2.17. The molecule has 0 aromatic carbocycles. The zero-order valence-corrected chi connectivity index (χ0v) is 9.28. The van der Waals surface area contributed by atoms with Crippen molar-refractivity contribution in [3.63, 3.8) is 0 Å². The van der Waals surface area contributed by atoms with E-state index in [-0.39, 0.29) is 5.75 Å². The maximum atomic E-state index is 11.4. The van der Waals surface area contributed by atoms with Crippen LogP contribution < -0.4 is 16.4 Å². The lowest BCUT2D eigenvalue weighted by atomic mass is 10.3. The van der Waals surface area contributed by atoms with E-state index in [2.05, 4.69) is 22.9 Å². The molecule has 86 valence electrons. The highest BCUT2D eigenvalue weighted by molar-refractivity contribution is 7.80. The Labute approximate surface area is 98.0 Å². The van der Waals surface area contributed by atoms with Crippen LogP contribution in [0.4, 0.5) is 10.6 Å². The first-order valence-corrected chi connectivity index (χ1v) is 5.15. The van der Waals surface area contributed by atoms with Gasteiger partial charge >= 0.3 is 6.03 Å². The number of nitrogens with one attached hydrogen (secondary N) is 2. The number of hydrogen-bond acceptors (Lipinski definition) is 5. The Balaban J connectivity index is 2.62. The van der Waals surface area contributed by atoms with E-state index >= 15 is 0 Å². The van der Waals surface area contributed by atoms with E-state index in [1.54, 1.807) is 24.4 Å². The van der Waals surface area contributed by atoms with Gasteiger partial charge in [0.1, 0.15) is 11.9 Å². The lowest BCUT2D eigenvalue weighted by Crippen LogP contribution is -2.45. The van der Waals surface area contributed by atoms with Gasteiger partial charge in [-0.1, -0.05) is 6.07 Å². The van der Waals surface area contributed by atoms with E-state index in [9.17, 15) is 9.59 Å². The second-order valence-corrected chi connectivity index (χ2v) is 3.31. The molecular weight excluding hydrogens is 228 g/mol. The van der Waals surface area contributed by atoms with Crippen LogP contribution in [0.5, 0.6) is 0 Å². The fraction of sp³-hybridized carbons (Fsp3) is 0.222. The minimum Gasteiger partial charge on any atom is -0.358 e. The Morgan fingerprint density at radius 2 is 2.25 bits per heavy atom. The van der Waals surface area contributed by atoms with Crippen molar-refractivity contribution in [1.82, 2.24) is 10.3 Å². The number of carbonyl (C=O) groups is 2. The molecular formula is C9H12N4O2S. The lowest BCUT2D eigenvalue weighted by Gasteiger charge is -2.15. The van der Waals surface area contributed by atoms with Gasteiger partial charge in [-0.2, -0.15) is 12.6 Å². The van der Waals surface area contributed by atoms with Crippen LogP contribution in [0.25, 0.3) is 0 Å². The molecule has 0 saturated carbocycles. The van der Waals surface area contributed by atoms with Gasteiger partial charge < -0.3 is 11.1 Å². The molecule has 0 aliphatic heterocycles. The van der Waals surface area contributed by atoms with E-state index < -0.39 is 18.0 Å². The second kappa shape index (κ2) is 5.96. The maximum absolute atomic E-state index is 11.4. The minimum atomic E-state index is -0.889. The van der Waals surface area contributed by atoms with Gasteiger partial charge in [-0.25, -0.2) is 9.78 Å². The molecule has 0 saturated heterocycles. The highest BCUT2D eigenvalue weighted by Crippen LogP contribution is 2.03. The van der Waals surface area contributed by atoms with Gasteiger partial charge in [0.15, 0.2) is 0 Å². The summed E-state index contributed by atoms with van der Waals surface area (Å²) in [6.45, 7) is 0. The Bertz CT molecular complexity index is 371. The summed E-state index contributed by atoms with van der Waals surface area (Å²) in [5, 5.41) is 4.80. The fourth-order valence-corrected chi connectivity index (χ4v) is 1.29. The van der Waals surface area contributed by atoms with Crippen molar-refractivity contribution in [2.45, 2.75) is 6.04 Å². The number of amides is 3. The third kappa shape index (κ3) is 3.77. The number of primary amides is 1. The molecule has 1 aromatic heterocycles. The zero-order valence-electron chi connectivity index (χ0n) is 8.38. The number of anilines is 1. The molecule has 0 aliphatic carbocycles. The van der Waals surface area contributed by atoms with Crippen molar-refractivity contribution in [2.24, 2.45) is 5.73 Å². The molecule has 1 rings (SSSR count). The molecule has 6 nitrogen and oxygen atoms in total. The van der Waals surface area contributed by atoms with E-state index in [4.69, 9.17) is 5.73 Å². The summed E-state index contributed by atoms with van der Waals surface area (Å²) >= 11 is 4.00. The molecule has 0 fully saturated rings. The van der Waals surface area contributed by atoms with Crippen molar-refractivity contribution >= 4 is 30.4 Å². The summed E-state index contributed by atoms with van der Waals surface area (Å²) in [7, 11) is 0. The normalized spacial score (nSPS) is 11.6. The smallest absolute Gasteiger partial charge is 0.318 e. The van der Waals surface area contributed by atoms with Gasteiger partial charge in [-0.05, 0) is 12.1 Å².